The van der Waals surface area contributed by atoms with Crippen LogP contribution in [0.4, 0.5) is 18.9 Å². The summed E-state index contributed by atoms with van der Waals surface area (Å²) in [7, 11) is 0. The number of carbonyl (C=O) groups is 1. The van der Waals surface area contributed by atoms with Crippen molar-refractivity contribution >= 4 is 17.2 Å². The van der Waals surface area contributed by atoms with E-state index in [4.69, 9.17) is 0 Å². The van der Waals surface area contributed by atoms with Gasteiger partial charge in [-0.05, 0) is 25.7 Å². The van der Waals surface area contributed by atoms with Crippen LogP contribution in [0.1, 0.15) is 44.4 Å². The van der Waals surface area contributed by atoms with Gasteiger partial charge in [-0.1, -0.05) is 13.8 Å². The van der Waals surface area contributed by atoms with E-state index in [0.29, 0.717) is 5.69 Å². The normalized spacial score (nSPS) is 14.8. The molecule has 1 aromatic heterocycles. The zero-order valence-corrected chi connectivity index (χ0v) is 12.5. The number of rotatable bonds is 3. The van der Waals surface area contributed by atoms with Gasteiger partial charge >= 0.3 is 6.18 Å². The molecule has 2 heterocycles. The molecule has 0 saturated carbocycles. The third-order valence-corrected chi connectivity index (χ3v) is 3.35. The number of aromatic nitrogens is 2. The van der Waals surface area contributed by atoms with Gasteiger partial charge in [0, 0.05) is 5.56 Å². The van der Waals surface area contributed by atoms with E-state index in [1.807, 2.05) is 0 Å². The third-order valence-electron chi connectivity index (χ3n) is 3.35. The topological polar surface area (TPSA) is 64.3 Å². The summed E-state index contributed by atoms with van der Waals surface area (Å²) in [6.45, 7) is 4.63. The molecule has 0 amide bonds. The quantitative estimate of drug-likeness (QED) is 0.861. The van der Waals surface area contributed by atoms with Gasteiger partial charge in [0.25, 0.3) is 5.56 Å². The standard InChI is InChI=1S/C14H16F3N3O2/c1-7(2)11-12-9(4-5-10(18-12)14(15,16)17)13(22)20(19-11)6-8(3)21/h7H,4-6H2,1-3H3. The zero-order valence-electron chi connectivity index (χ0n) is 12.5. The molecule has 0 atom stereocenters. The van der Waals surface area contributed by atoms with Crippen molar-refractivity contribution < 1.29 is 18.0 Å². The van der Waals surface area contributed by atoms with E-state index < -0.39 is 17.4 Å². The third kappa shape index (κ3) is 3.10. The first kappa shape index (κ1) is 16.4. The lowest BCUT2D eigenvalue weighted by atomic mass is 9.98. The van der Waals surface area contributed by atoms with Crippen LogP contribution in [0.15, 0.2) is 9.79 Å². The van der Waals surface area contributed by atoms with Gasteiger partial charge in [0.05, 0.1) is 11.4 Å². The van der Waals surface area contributed by atoms with Crippen molar-refractivity contribution in [1.29, 1.82) is 0 Å². The highest BCUT2D eigenvalue weighted by Crippen LogP contribution is 2.34. The van der Waals surface area contributed by atoms with Gasteiger partial charge in [-0.3, -0.25) is 9.59 Å². The monoisotopic (exact) mass is 315 g/mol. The number of hydrogen-bond donors (Lipinski definition) is 0. The van der Waals surface area contributed by atoms with Gasteiger partial charge in [-0.2, -0.15) is 18.3 Å². The highest BCUT2D eigenvalue weighted by molar-refractivity contribution is 5.94. The summed E-state index contributed by atoms with van der Waals surface area (Å²) >= 11 is 0. The van der Waals surface area contributed by atoms with Gasteiger partial charge < -0.3 is 0 Å². The number of alkyl halides is 3. The van der Waals surface area contributed by atoms with E-state index in [-0.39, 0.29) is 42.3 Å². The molecule has 0 unspecified atom stereocenters. The van der Waals surface area contributed by atoms with E-state index in [2.05, 4.69) is 10.1 Å². The van der Waals surface area contributed by atoms with Crippen LogP contribution >= 0.6 is 0 Å². The zero-order chi connectivity index (χ0) is 16.7. The molecule has 5 nitrogen and oxygen atoms in total. The van der Waals surface area contributed by atoms with Crippen molar-refractivity contribution in [3.05, 3.63) is 21.6 Å². The second-order valence-electron chi connectivity index (χ2n) is 5.59. The van der Waals surface area contributed by atoms with Gasteiger partial charge in [0.1, 0.15) is 12.3 Å². The van der Waals surface area contributed by atoms with Gasteiger partial charge in [-0.25, -0.2) is 9.67 Å². The SMILES string of the molecule is CC(=O)Cn1nc(C(C)C)c2c(c1=O)CCC(C(F)(F)F)=N2. The molecule has 0 spiro atoms. The van der Waals surface area contributed by atoms with Gasteiger partial charge in [0.15, 0.2) is 5.78 Å². The number of aliphatic imine (C=N–C) groups is 1. The summed E-state index contributed by atoms with van der Waals surface area (Å²) in [6.07, 6.45) is -4.90. The minimum Gasteiger partial charge on any atom is -0.298 e. The Morgan fingerprint density at radius 3 is 2.45 bits per heavy atom. The molecule has 0 bridgehead atoms. The molecule has 0 N–H and O–H groups in total. The number of hydrogen-bond acceptors (Lipinski definition) is 4. The van der Waals surface area contributed by atoms with E-state index in [9.17, 15) is 22.8 Å². The van der Waals surface area contributed by atoms with E-state index >= 15 is 0 Å². The molecule has 8 heteroatoms. The Bertz CT molecular complexity index is 703. The number of halogens is 3. The first-order valence-electron chi connectivity index (χ1n) is 6.89. The molecular formula is C14H16F3N3O2. The summed E-state index contributed by atoms with van der Waals surface area (Å²) < 4.78 is 39.5. The van der Waals surface area contributed by atoms with Crippen LogP contribution in [-0.2, 0) is 17.8 Å². The van der Waals surface area contributed by atoms with Gasteiger partial charge in [-0.15, -0.1) is 0 Å². The molecule has 120 valence electrons. The molecule has 1 aromatic rings. The molecule has 0 saturated heterocycles. The average Bonchev–Trinajstić information content (AvgIpc) is 2.39. The number of Topliss-reactive ketones (excluding diaryl/α,β-unsaturated/α-hetero) is 1. The van der Waals surface area contributed by atoms with E-state index in [1.165, 1.54) is 6.92 Å². The fourth-order valence-electron chi connectivity index (χ4n) is 2.33. The molecule has 0 radical (unpaired) electrons. The Kier molecular flexibility index (Phi) is 4.21. The predicted molar refractivity (Wildman–Crippen MR) is 74.7 cm³/mol. The van der Waals surface area contributed by atoms with Crippen molar-refractivity contribution in [1.82, 2.24) is 9.78 Å². The first-order valence-corrected chi connectivity index (χ1v) is 6.89. The van der Waals surface area contributed by atoms with E-state index in [1.54, 1.807) is 13.8 Å². The molecule has 1 aliphatic heterocycles. The minimum atomic E-state index is -4.51. The number of nitrogens with zero attached hydrogens (tertiary/aromatic N) is 3. The summed E-state index contributed by atoms with van der Waals surface area (Å²) in [4.78, 5) is 27.1. The largest absolute Gasteiger partial charge is 0.429 e. The maximum atomic E-state index is 12.8. The second-order valence-corrected chi connectivity index (χ2v) is 5.59. The Labute approximate surface area is 124 Å². The van der Waals surface area contributed by atoms with Crippen molar-refractivity contribution in [3.8, 4) is 0 Å². The molecule has 22 heavy (non-hydrogen) atoms. The minimum absolute atomic E-state index is 0.0124. The molecule has 0 fully saturated rings. The second kappa shape index (κ2) is 5.66. The summed E-state index contributed by atoms with van der Waals surface area (Å²) in [5, 5.41) is 4.05. The Morgan fingerprint density at radius 1 is 1.32 bits per heavy atom. The highest BCUT2D eigenvalue weighted by atomic mass is 19.4. The smallest absolute Gasteiger partial charge is 0.298 e. The van der Waals surface area contributed by atoms with Crippen LogP contribution in [0, 0.1) is 0 Å². The fraction of sp³-hybridized carbons (Fsp3) is 0.571. The Morgan fingerprint density at radius 2 is 1.95 bits per heavy atom. The van der Waals surface area contributed by atoms with Crippen molar-refractivity contribution in [2.24, 2.45) is 4.99 Å². The molecular weight excluding hydrogens is 299 g/mol. The van der Waals surface area contributed by atoms with Gasteiger partial charge in [0.2, 0.25) is 0 Å². The Hall–Kier alpha value is -1.99. The molecule has 0 aliphatic carbocycles. The highest BCUT2D eigenvalue weighted by Gasteiger charge is 2.38. The van der Waals surface area contributed by atoms with Crippen molar-refractivity contribution in [3.63, 3.8) is 0 Å². The summed E-state index contributed by atoms with van der Waals surface area (Å²) in [5.41, 5.74) is -0.921. The van der Waals surface area contributed by atoms with Crippen LogP contribution in [0.25, 0.3) is 0 Å². The van der Waals surface area contributed by atoms with Crippen LogP contribution < -0.4 is 5.56 Å². The lowest BCUT2D eigenvalue weighted by Crippen LogP contribution is -2.33. The van der Waals surface area contributed by atoms with Crippen LogP contribution in [0.5, 0.6) is 0 Å². The maximum absolute atomic E-state index is 12.8. The van der Waals surface area contributed by atoms with E-state index in [0.717, 1.165) is 4.68 Å². The number of fused-ring (bicyclic) bond motifs is 1. The molecule has 0 aromatic carbocycles. The van der Waals surface area contributed by atoms with Crippen LogP contribution in [0.2, 0.25) is 0 Å². The maximum Gasteiger partial charge on any atom is 0.429 e. The van der Waals surface area contributed by atoms with Crippen molar-refractivity contribution in [2.45, 2.75) is 52.3 Å². The Balaban J connectivity index is 2.68. The van der Waals surface area contributed by atoms with Crippen LogP contribution in [0.3, 0.4) is 0 Å². The molecule has 2 rings (SSSR count). The first-order chi connectivity index (χ1) is 10.1. The molecule has 1 aliphatic rings. The predicted octanol–water partition coefficient (Wildman–Crippen LogP) is 2.54. The lowest BCUT2D eigenvalue weighted by molar-refractivity contribution is -0.117. The number of carbonyl (C=O) groups excluding carboxylic acids is 1. The lowest BCUT2D eigenvalue weighted by Gasteiger charge is -2.21. The average molecular weight is 315 g/mol. The van der Waals surface area contributed by atoms with Crippen molar-refractivity contribution in [2.75, 3.05) is 0 Å². The number of ketones is 1. The fourth-order valence-corrected chi connectivity index (χ4v) is 2.33. The summed E-state index contributed by atoms with van der Waals surface area (Å²) in [5.74, 6) is -0.469. The van der Waals surface area contributed by atoms with Crippen LogP contribution in [-0.4, -0.2) is 27.5 Å². The summed E-state index contributed by atoms with van der Waals surface area (Å²) in [6, 6.07) is 0.